The minimum Gasteiger partial charge on any atom is -0.327 e. The number of hydrogen-bond donors (Lipinski definition) is 1. The summed E-state index contributed by atoms with van der Waals surface area (Å²) >= 11 is 0. The fourth-order valence-electron chi connectivity index (χ4n) is 2.25. The molecule has 0 bridgehead atoms. The topological polar surface area (TPSA) is 26.0 Å². The van der Waals surface area contributed by atoms with Crippen molar-refractivity contribution in [3.8, 4) is 0 Å². The number of hydrogen-bond acceptors (Lipinski definition) is 1. The van der Waals surface area contributed by atoms with E-state index in [2.05, 4.69) is 55.0 Å². The number of rotatable bonds is 5. The Morgan fingerprint density at radius 3 is 1.88 bits per heavy atom. The quantitative estimate of drug-likeness (QED) is 0.690. The molecule has 1 heteroatoms. The molecule has 0 fully saturated rings. The summed E-state index contributed by atoms with van der Waals surface area (Å²) in [6, 6.07) is 0.185. The van der Waals surface area contributed by atoms with E-state index >= 15 is 0 Å². The Bertz CT molecular complexity index is 232. The van der Waals surface area contributed by atoms with Gasteiger partial charge in [0.05, 0.1) is 0 Å². The second-order valence-electron chi connectivity index (χ2n) is 6.79. The summed E-state index contributed by atoms with van der Waals surface area (Å²) in [4.78, 5) is 0. The lowest BCUT2D eigenvalue weighted by molar-refractivity contribution is 0.129. The van der Waals surface area contributed by atoms with E-state index in [0.717, 1.165) is 0 Å². The van der Waals surface area contributed by atoms with Crippen molar-refractivity contribution in [2.24, 2.45) is 22.5 Å². The molecule has 0 heterocycles. The van der Waals surface area contributed by atoms with Crippen molar-refractivity contribution < 1.29 is 0 Å². The third kappa shape index (κ3) is 3.62. The minimum absolute atomic E-state index is 0.0209. The molecule has 0 aromatic heterocycles. The van der Waals surface area contributed by atoms with E-state index in [1.807, 2.05) is 0 Å². The predicted octanol–water partition coefficient (Wildman–Crippen LogP) is 4.38. The molecule has 0 aromatic rings. The maximum atomic E-state index is 6.51. The van der Waals surface area contributed by atoms with E-state index in [1.165, 1.54) is 18.4 Å². The van der Waals surface area contributed by atoms with Crippen LogP contribution in [0.1, 0.15) is 61.3 Å². The molecular formula is C15H31N. The van der Waals surface area contributed by atoms with Gasteiger partial charge in [0.1, 0.15) is 0 Å². The van der Waals surface area contributed by atoms with Crippen LogP contribution < -0.4 is 5.73 Å². The molecule has 0 aliphatic carbocycles. The fraction of sp³-hybridized carbons (Fsp3) is 0.867. The smallest absolute Gasteiger partial charge is 0.0161 e. The Kier molecular flexibility index (Phi) is 5.25. The van der Waals surface area contributed by atoms with E-state index in [4.69, 9.17) is 5.73 Å². The average molecular weight is 225 g/mol. The summed E-state index contributed by atoms with van der Waals surface area (Å²) in [6.07, 6.45) is 2.39. The van der Waals surface area contributed by atoms with Gasteiger partial charge in [0.2, 0.25) is 0 Å². The van der Waals surface area contributed by atoms with Gasteiger partial charge in [0.15, 0.2) is 0 Å². The van der Waals surface area contributed by atoms with Crippen LogP contribution in [-0.2, 0) is 0 Å². The number of nitrogens with two attached hydrogens (primary N) is 1. The third-order valence-corrected chi connectivity index (χ3v) is 4.08. The molecule has 2 unspecified atom stereocenters. The van der Waals surface area contributed by atoms with E-state index < -0.39 is 0 Å². The van der Waals surface area contributed by atoms with E-state index in [1.54, 1.807) is 0 Å². The Hall–Kier alpha value is -0.300. The summed E-state index contributed by atoms with van der Waals surface area (Å²) in [6.45, 7) is 19.7. The van der Waals surface area contributed by atoms with E-state index in [-0.39, 0.29) is 16.9 Å². The van der Waals surface area contributed by atoms with Crippen LogP contribution in [0.3, 0.4) is 0 Å². The Balaban J connectivity index is 5.02. The van der Waals surface area contributed by atoms with Gasteiger partial charge in [-0.2, -0.15) is 0 Å². The van der Waals surface area contributed by atoms with Crippen LogP contribution in [0, 0.1) is 16.7 Å². The van der Waals surface area contributed by atoms with Gasteiger partial charge in [-0.1, -0.05) is 60.1 Å². The second kappa shape index (κ2) is 5.35. The lowest BCUT2D eigenvalue weighted by Crippen LogP contribution is -2.48. The predicted molar refractivity (Wildman–Crippen MR) is 74.4 cm³/mol. The molecule has 2 atom stereocenters. The zero-order valence-electron chi connectivity index (χ0n) is 12.4. The van der Waals surface area contributed by atoms with E-state index in [9.17, 15) is 0 Å². The van der Waals surface area contributed by atoms with Gasteiger partial charge in [-0.05, 0) is 24.7 Å². The first-order valence-electron chi connectivity index (χ1n) is 6.46. The van der Waals surface area contributed by atoms with Crippen molar-refractivity contribution in [2.75, 3.05) is 0 Å². The van der Waals surface area contributed by atoms with Crippen LogP contribution in [0.4, 0.5) is 0 Å². The molecule has 1 nitrogen and oxygen atoms in total. The summed E-state index contributed by atoms with van der Waals surface area (Å²) in [5, 5.41) is 0. The van der Waals surface area contributed by atoms with Crippen LogP contribution in [0.15, 0.2) is 12.2 Å². The first-order chi connectivity index (χ1) is 7.05. The van der Waals surface area contributed by atoms with Gasteiger partial charge in [-0.3, -0.25) is 0 Å². The summed E-state index contributed by atoms with van der Waals surface area (Å²) < 4.78 is 0. The normalized spacial score (nSPS) is 17.0. The van der Waals surface area contributed by atoms with Gasteiger partial charge < -0.3 is 5.73 Å². The average Bonchev–Trinajstić information content (AvgIpc) is 2.10. The van der Waals surface area contributed by atoms with Crippen molar-refractivity contribution in [1.82, 2.24) is 0 Å². The highest BCUT2D eigenvalue weighted by Gasteiger charge is 2.38. The molecule has 0 aliphatic rings. The Labute approximate surface area is 102 Å². The molecule has 96 valence electrons. The molecule has 0 spiro atoms. The SMILES string of the molecule is C=C(C)C(C)(C)C(N)C(CCC)C(C)(C)C. The monoisotopic (exact) mass is 225 g/mol. The van der Waals surface area contributed by atoms with Gasteiger partial charge in [0.25, 0.3) is 0 Å². The Morgan fingerprint density at radius 2 is 1.62 bits per heavy atom. The molecule has 0 saturated heterocycles. The van der Waals surface area contributed by atoms with Crippen LogP contribution >= 0.6 is 0 Å². The first-order valence-corrected chi connectivity index (χ1v) is 6.46. The molecule has 0 aromatic carbocycles. The minimum atomic E-state index is 0.0209. The lowest BCUT2D eigenvalue weighted by Gasteiger charge is -2.43. The van der Waals surface area contributed by atoms with Crippen molar-refractivity contribution >= 4 is 0 Å². The molecule has 0 rings (SSSR count). The molecule has 2 N–H and O–H groups in total. The van der Waals surface area contributed by atoms with Crippen molar-refractivity contribution in [3.63, 3.8) is 0 Å². The Morgan fingerprint density at radius 1 is 1.19 bits per heavy atom. The summed E-state index contributed by atoms with van der Waals surface area (Å²) in [5.74, 6) is 0.546. The van der Waals surface area contributed by atoms with Crippen LogP contribution in [0.2, 0.25) is 0 Å². The third-order valence-electron chi connectivity index (χ3n) is 4.08. The van der Waals surface area contributed by atoms with Gasteiger partial charge >= 0.3 is 0 Å². The van der Waals surface area contributed by atoms with Crippen molar-refractivity contribution in [1.29, 1.82) is 0 Å². The highest BCUT2D eigenvalue weighted by molar-refractivity contribution is 5.10. The van der Waals surface area contributed by atoms with Crippen LogP contribution in [0.5, 0.6) is 0 Å². The molecular weight excluding hydrogens is 194 g/mol. The largest absolute Gasteiger partial charge is 0.327 e. The summed E-state index contributed by atoms with van der Waals surface area (Å²) in [5.41, 5.74) is 7.98. The van der Waals surface area contributed by atoms with Crippen molar-refractivity contribution in [3.05, 3.63) is 12.2 Å². The van der Waals surface area contributed by atoms with Gasteiger partial charge in [0, 0.05) is 11.5 Å². The zero-order chi connectivity index (χ0) is 13.1. The highest BCUT2D eigenvalue weighted by atomic mass is 14.7. The molecule has 0 saturated carbocycles. The maximum Gasteiger partial charge on any atom is 0.0161 e. The highest BCUT2D eigenvalue weighted by Crippen LogP contribution is 2.40. The standard InChI is InChI=1S/C15H31N/c1-9-10-12(14(4,5)6)13(16)15(7,8)11(2)3/h12-13H,2,9-10,16H2,1,3-8H3. The molecule has 0 amide bonds. The molecule has 16 heavy (non-hydrogen) atoms. The van der Waals surface area contributed by atoms with Crippen molar-refractivity contribution in [2.45, 2.75) is 67.3 Å². The fourth-order valence-corrected chi connectivity index (χ4v) is 2.25. The second-order valence-corrected chi connectivity index (χ2v) is 6.79. The van der Waals surface area contributed by atoms with Crippen LogP contribution in [-0.4, -0.2) is 6.04 Å². The molecule has 0 radical (unpaired) electrons. The van der Waals surface area contributed by atoms with E-state index in [0.29, 0.717) is 5.92 Å². The van der Waals surface area contributed by atoms with Crippen LogP contribution in [0.25, 0.3) is 0 Å². The lowest BCUT2D eigenvalue weighted by atomic mass is 9.64. The first kappa shape index (κ1) is 15.7. The maximum absolute atomic E-state index is 6.51. The zero-order valence-corrected chi connectivity index (χ0v) is 12.4. The molecule has 0 aliphatic heterocycles. The van der Waals surface area contributed by atoms with Gasteiger partial charge in [-0.15, -0.1) is 0 Å². The summed E-state index contributed by atoms with van der Waals surface area (Å²) in [7, 11) is 0. The van der Waals surface area contributed by atoms with Gasteiger partial charge in [-0.25, -0.2) is 0 Å².